The van der Waals surface area contributed by atoms with Crippen LogP contribution in [0.15, 0.2) is 51.9 Å². The van der Waals surface area contributed by atoms with E-state index in [0.717, 1.165) is 20.4 Å². The fourth-order valence-corrected chi connectivity index (χ4v) is 4.00. The molecule has 27 heavy (non-hydrogen) atoms. The van der Waals surface area contributed by atoms with E-state index in [2.05, 4.69) is 20.9 Å². The highest BCUT2D eigenvalue weighted by Gasteiger charge is 2.10. The normalized spacial score (nSPS) is 11.9. The Labute approximate surface area is 170 Å². The van der Waals surface area contributed by atoms with Crippen LogP contribution in [0.25, 0.3) is 10.2 Å². The molecular weight excluding hydrogens is 428 g/mol. The number of hydrogen-bond acceptors (Lipinski definition) is 4. The van der Waals surface area contributed by atoms with E-state index in [1.165, 1.54) is 11.3 Å². The molecule has 0 unspecified atom stereocenters. The molecule has 0 N–H and O–H groups in total. The number of halogens is 1. The number of rotatable bonds is 7. The van der Waals surface area contributed by atoms with E-state index in [-0.39, 0.29) is 5.91 Å². The molecule has 1 aromatic heterocycles. The Morgan fingerprint density at radius 3 is 2.63 bits per heavy atom. The van der Waals surface area contributed by atoms with E-state index < -0.39 is 0 Å². The number of ether oxygens (including phenoxy) is 2. The Kier molecular flexibility index (Phi) is 6.82. The minimum atomic E-state index is -0.260. The Bertz CT molecular complexity index is 993. The molecule has 0 aliphatic heterocycles. The largest absolute Gasteiger partial charge is 0.494 e. The summed E-state index contributed by atoms with van der Waals surface area (Å²) in [5, 5.41) is 0. The van der Waals surface area contributed by atoms with Crippen LogP contribution in [0.5, 0.6) is 5.75 Å². The monoisotopic (exact) mass is 448 g/mol. The number of nitrogens with zero attached hydrogens (tertiary/aromatic N) is 2. The Morgan fingerprint density at radius 1 is 1.15 bits per heavy atom. The lowest BCUT2D eigenvalue weighted by Crippen LogP contribution is -2.19. The highest BCUT2D eigenvalue weighted by Crippen LogP contribution is 2.23. The molecule has 142 valence electrons. The fourth-order valence-electron chi connectivity index (χ4n) is 2.66. The highest BCUT2D eigenvalue weighted by atomic mass is 79.9. The molecule has 5 nitrogen and oxygen atoms in total. The SMILES string of the molecule is CCOCCn1c(=NC(=O)c2ccc(Br)cc2)sc2cc(OCC)ccc21. The summed E-state index contributed by atoms with van der Waals surface area (Å²) in [6.07, 6.45) is 0. The molecule has 0 saturated heterocycles. The van der Waals surface area contributed by atoms with Gasteiger partial charge in [-0.15, -0.1) is 0 Å². The maximum absolute atomic E-state index is 12.6. The van der Waals surface area contributed by atoms with Gasteiger partial charge in [0.15, 0.2) is 4.80 Å². The third kappa shape index (κ3) is 4.86. The number of fused-ring (bicyclic) bond motifs is 1. The lowest BCUT2D eigenvalue weighted by Gasteiger charge is -2.06. The molecule has 0 fully saturated rings. The summed E-state index contributed by atoms with van der Waals surface area (Å²) in [6, 6.07) is 13.1. The molecule has 3 aromatic rings. The summed E-state index contributed by atoms with van der Waals surface area (Å²) < 4.78 is 15.1. The summed E-state index contributed by atoms with van der Waals surface area (Å²) in [6.45, 7) is 6.39. The highest BCUT2D eigenvalue weighted by molar-refractivity contribution is 9.10. The van der Waals surface area contributed by atoms with Gasteiger partial charge in [0.05, 0.1) is 23.4 Å². The zero-order valence-electron chi connectivity index (χ0n) is 15.3. The maximum atomic E-state index is 12.6. The minimum absolute atomic E-state index is 0.260. The summed E-state index contributed by atoms with van der Waals surface area (Å²) >= 11 is 4.86. The molecule has 0 atom stereocenters. The van der Waals surface area contributed by atoms with Crippen LogP contribution >= 0.6 is 27.3 Å². The smallest absolute Gasteiger partial charge is 0.279 e. The van der Waals surface area contributed by atoms with Crippen molar-refractivity contribution in [2.75, 3.05) is 19.8 Å². The first-order chi connectivity index (χ1) is 13.1. The van der Waals surface area contributed by atoms with Gasteiger partial charge in [-0.05, 0) is 56.3 Å². The number of hydrogen-bond donors (Lipinski definition) is 0. The predicted molar refractivity (Wildman–Crippen MR) is 112 cm³/mol. The van der Waals surface area contributed by atoms with Gasteiger partial charge >= 0.3 is 0 Å². The lowest BCUT2D eigenvalue weighted by molar-refractivity contribution is 0.0996. The molecule has 0 aliphatic carbocycles. The van der Waals surface area contributed by atoms with Gasteiger partial charge in [-0.3, -0.25) is 4.79 Å². The van der Waals surface area contributed by atoms with Crippen molar-refractivity contribution in [2.24, 2.45) is 4.99 Å². The Hall–Kier alpha value is -1.96. The zero-order valence-corrected chi connectivity index (χ0v) is 17.7. The predicted octanol–water partition coefficient (Wildman–Crippen LogP) is 4.64. The van der Waals surface area contributed by atoms with Gasteiger partial charge < -0.3 is 14.0 Å². The van der Waals surface area contributed by atoms with Crippen molar-refractivity contribution in [3.05, 3.63) is 57.3 Å². The van der Waals surface area contributed by atoms with Gasteiger partial charge in [0.25, 0.3) is 5.91 Å². The van der Waals surface area contributed by atoms with Crippen molar-refractivity contribution in [1.29, 1.82) is 0 Å². The molecule has 0 bridgehead atoms. The third-order valence-electron chi connectivity index (χ3n) is 3.92. The van der Waals surface area contributed by atoms with Gasteiger partial charge in [-0.25, -0.2) is 0 Å². The molecule has 0 spiro atoms. The second-order valence-electron chi connectivity index (χ2n) is 5.72. The minimum Gasteiger partial charge on any atom is -0.494 e. The molecule has 1 heterocycles. The van der Waals surface area contributed by atoms with Crippen molar-refractivity contribution in [3.63, 3.8) is 0 Å². The van der Waals surface area contributed by atoms with E-state index in [9.17, 15) is 4.79 Å². The van der Waals surface area contributed by atoms with Crippen LogP contribution in [0.2, 0.25) is 0 Å². The van der Waals surface area contributed by atoms with Crippen molar-refractivity contribution < 1.29 is 14.3 Å². The van der Waals surface area contributed by atoms with Crippen molar-refractivity contribution >= 4 is 43.4 Å². The molecule has 0 saturated carbocycles. The molecule has 2 aromatic carbocycles. The van der Waals surface area contributed by atoms with Crippen LogP contribution < -0.4 is 9.54 Å². The summed E-state index contributed by atoms with van der Waals surface area (Å²) in [5.41, 5.74) is 1.58. The van der Waals surface area contributed by atoms with E-state index in [4.69, 9.17) is 9.47 Å². The van der Waals surface area contributed by atoms with Crippen LogP contribution in [-0.4, -0.2) is 30.3 Å². The second-order valence-corrected chi connectivity index (χ2v) is 7.64. The van der Waals surface area contributed by atoms with Crippen LogP contribution in [0, 0.1) is 0 Å². The lowest BCUT2D eigenvalue weighted by atomic mass is 10.2. The van der Waals surface area contributed by atoms with E-state index in [1.54, 1.807) is 12.1 Å². The average Bonchev–Trinajstić information content (AvgIpc) is 2.99. The van der Waals surface area contributed by atoms with Crippen LogP contribution in [-0.2, 0) is 11.3 Å². The van der Waals surface area contributed by atoms with E-state index in [1.807, 2.05) is 48.7 Å². The topological polar surface area (TPSA) is 52.8 Å². The number of thiazole rings is 1. The van der Waals surface area contributed by atoms with Gasteiger partial charge in [-0.1, -0.05) is 27.3 Å². The second kappa shape index (κ2) is 9.30. The number of benzene rings is 2. The number of amides is 1. The molecule has 0 aliphatic rings. The molecule has 7 heteroatoms. The number of carbonyl (C=O) groups excluding carboxylic acids is 1. The summed E-state index contributed by atoms with van der Waals surface area (Å²) in [5.74, 6) is 0.554. The number of aromatic nitrogens is 1. The van der Waals surface area contributed by atoms with Gasteiger partial charge in [0.1, 0.15) is 5.75 Å². The molecular formula is C20H21BrN2O3S. The van der Waals surface area contributed by atoms with Crippen molar-refractivity contribution in [1.82, 2.24) is 4.57 Å². The van der Waals surface area contributed by atoms with Crippen LogP contribution in [0.4, 0.5) is 0 Å². The van der Waals surface area contributed by atoms with Crippen LogP contribution in [0.3, 0.4) is 0 Å². The van der Waals surface area contributed by atoms with Crippen LogP contribution in [0.1, 0.15) is 24.2 Å². The maximum Gasteiger partial charge on any atom is 0.279 e. The average molecular weight is 449 g/mol. The molecule has 3 rings (SSSR count). The Morgan fingerprint density at radius 2 is 1.93 bits per heavy atom. The van der Waals surface area contributed by atoms with E-state index in [0.29, 0.717) is 36.7 Å². The third-order valence-corrected chi connectivity index (χ3v) is 5.49. The summed E-state index contributed by atoms with van der Waals surface area (Å²) in [7, 11) is 0. The zero-order chi connectivity index (χ0) is 19.2. The number of carbonyl (C=O) groups is 1. The Balaban J connectivity index is 2.04. The van der Waals surface area contributed by atoms with Gasteiger partial charge in [-0.2, -0.15) is 4.99 Å². The summed E-state index contributed by atoms with van der Waals surface area (Å²) in [4.78, 5) is 17.6. The first-order valence-corrected chi connectivity index (χ1v) is 10.4. The molecule has 0 radical (unpaired) electrons. The van der Waals surface area contributed by atoms with Gasteiger partial charge in [0.2, 0.25) is 0 Å². The first kappa shape index (κ1) is 19.8. The van der Waals surface area contributed by atoms with Gasteiger partial charge in [0, 0.05) is 23.2 Å². The van der Waals surface area contributed by atoms with Crippen molar-refractivity contribution in [3.8, 4) is 5.75 Å². The van der Waals surface area contributed by atoms with E-state index >= 15 is 0 Å². The fraction of sp³-hybridized carbons (Fsp3) is 0.300. The van der Waals surface area contributed by atoms with Crippen molar-refractivity contribution in [2.45, 2.75) is 20.4 Å². The molecule has 1 amide bonds. The standard InChI is InChI=1S/C20H21BrN2O3S/c1-3-25-12-11-23-17-10-9-16(26-4-2)13-18(17)27-20(23)22-19(24)14-5-7-15(21)8-6-14/h5-10,13H,3-4,11-12H2,1-2H3. The first-order valence-electron chi connectivity index (χ1n) is 8.81. The quantitative estimate of drug-likeness (QED) is 0.494.